The predicted octanol–water partition coefficient (Wildman–Crippen LogP) is 0.986. The van der Waals surface area contributed by atoms with Gasteiger partial charge >= 0.3 is 0 Å². The first-order valence-corrected chi connectivity index (χ1v) is 6.28. The van der Waals surface area contributed by atoms with E-state index in [1.807, 2.05) is 6.92 Å². The number of rotatable bonds is 7. The summed E-state index contributed by atoms with van der Waals surface area (Å²) in [4.78, 5) is 11.6. The topological polar surface area (TPSA) is 55.1 Å². The minimum absolute atomic E-state index is 0.0781. The molecule has 3 nitrogen and oxygen atoms in total. The average Bonchev–Trinajstić information content (AvgIpc) is 2.17. The third-order valence-corrected chi connectivity index (χ3v) is 2.87. The molecule has 0 aliphatic rings. The van der Waals surface area contributed by atoms with Gasteiger partial charge in [-0.1, -0.05) is 19.3 Å². The molecule has 0 aromatic carbocycles. The first-order chi connectivity index (χ1) is 7.04. The molecular formula is C11H20N2OS. The van der Waals surface area contributed by atoms with Gasteiger partial charge in [-0.15, -0.1) is 18.2 Å². The van der Waals surface area contributed by atoms with E-state index < -0.39 is 5.54 Å². The maximum atomic E-state index is 11.6. The standard InChI is InChI=1S/C11H20N2OS/c1-4-6-11(3,12)10(14)13-7-9-15-8-5-2/h2H,4,6-9,12H2,1,3H3,(H,13,14). The van der Waals surface area contributed by atoms with Crippen molar-refractivity contribution in [3.63, 3.8) is 0 Å². The largest absolute Gasteiger partial charge is 0.354 e. The molecule has 1 atom stereocenters. The normalized spacial score (nSPS) is 14.0. The number of hydrogen-bond acceptors (Lipinski definition) is 3. The lowest BCUT2D eigenvalue weighted by Crippen LogP contribution is -2.51. The van der Waals surface area contributed by atoms with Gasteiger partial charge in [-0.25, -0.2) is 0 Å². The van der Waals surface area contributed by atoms with Gasteiger partial charge in [-0.2, -0.15) is 0 Å². The van der Waals surface area contributed by atoms with E-state index >= 15 is 0 Å². The second-order valence-corrected chi connectivity index (χ2v) is 4.79. The Morgan fingerprint density at radius 3 is 2.87 bits per heavy atom. The van der Waals surface area contributed by atoms with Crippen LogP contribution in [-0.4, -0.2) is 29.5 Å². The highest BCUT2D eigenvalue weighted by Gasteiger charge is 2.26. The molecule has 0 fully saturated rings. The third-order valence-electron chi connectivity index (χ3n) is 2.01. The number of amides is 1. The molecule has 3 N–H and O–H groups in total. The molecular weight excluding hydrogens is 208 g/mol. The van der Waals surface area contributed by atoms with E-state index in [9.17, 15) is 4.79 Å². The minimum atomic E-state index is -0.745. The first kappa shape index (κ1) is 14.3. The van der Waals surface area contributed by atoms with Crippen molar-refractivity contribution < 1.29 is 4.79 Å². The zero-order chi connectivity index (χ0) is 11.7. The Hall–Kier alpha value is -0.660. The summed E-state index contributed by atoms with van der Waals surface area (Å²) >= 11 is 1.63. The van der Waals surface area contributed by atoms with E-state index in [1.54, 1.807) is 18.7 Å². The van der Waals surface area contributed by atoms with E-state index in [-0.39, 0.29) is 5.91 Å². The summed E-state index contributed by atoms with van der Waals surface area (Å²) < 4.78 is 0. The predicted molar refractivity (Wildman–Crippen MR) is 66.7 cm³/mol. The number of terminal acetylenes is 1. The Bertz CT molecular complexity index is 233. The fourth-order valence-corrected chi connectivity index (χ4v) is 1.71. The summed E-state index contributed by atoms with van der Waals surface area (Å²) in [6.07, 6.45) is 6.71. The zero-order valence-corrected chi connectivity index (χ0v) is 10.3. The molecule has 0 rings (SSSR count). The monoisotopic (exact) mass is 228 g/mol. The quantitative estimate of drug-likeness (QED) is 0.504. The second kappa shape index (κ2) is 7.61. The highest BCUT2D eigenvalue weighted by Crippen LogP contribution is 2.08. The Balaban J connectivity index is 3.69. The highest BCUT2D eigenvalue weighted by molar-refractivity contribution is 7.99. The van der Waals surface area contributed by atoms with Crippen molar-refractivity contribution in [2.24, 2.45) is 5.73 Å². The van der Waals surface area contributed by atoms with Crippen LogP contribution in [0.15, 0.2) is 0 Å². The molecule has 0 bridgehead atoms. The number of nitrogens with two attached hydrogens (primary N) is 1. The lowest BCUT2D eigenvalue weighted by molar-refractivity contribution is -0.125. The summed E-state index contributed by atoms with van der Waals surface area (Å²) in [5.74, 6) is 3.97. The average molecular weight is 228 g/mol. The lowest BCUT2D eigenvalue weighted by Gasteiger charge is -2.22. The van der Waals surface area contributed by atoms with Crippen molar-refractivity contribution in [3.05, 3.63) is 0 Å². The van der Waals surface area contributed by atoms with E-state index in [2.05, 4.69) is 11.2 Å². The Morgan fingerprint density at radius 2 is 2.33 bits per heavy atom. The van der Waals surface area contributed by atoms with Gasteiger partial charge in [0.1, 0.15) is 0 Å². The fraction of sp³-hybridized carbons (Fsp3) is 0.727. The van der Waals surface area contributed by atoms with Gasteiger partial charge in [0.15, 0.2) is 0 Å². The van der Waals surface area contributed by atoms with Gasteiger partial charge in [-0.3, -0.25) is 4.79 Å². The second-order valence-electron chi connectivity index (χ2n) is 3.68. The number of carbonyl (C=O) groups excluding carboxylic acids is 1. The summed E-state index contributed by atoms with van der Waals surface area (Å²) in [5.41, 5.74) is 5.12. The molecule has 15 heavy (non-hydrogen) atoms. The SMILES string of the molecule is C#CCSCCNC(=O)C(C)(N)CCC. The van der Waals surface area contributed by atoms with Gasteiger partial charge < -0.3 is 11.1 Å². The molecule has 0 saturated heterocycles. The van der Waals surface area contributed by atoms with Crippen LogP contribution in [0, 0.1) is 12.3 Å². The van der Waals surface area contributed by atoms with Crippen LogP contribution < -0.4 is 11.1 Å². The Labute approximate surface area is 96.6 Å². The van der Waals surface area contributed by atoms with Gasteiger partial charge in [-0.05, 0) is 13.3 Å². The molecule has 0 aromatic rings. The molecule has 0 heterocycles. The Kier molecular flexibility index (Phi) is 7.27. The van der Waals surface area contributed by atoms with Crippen molar-refractivity contribution >= 4 is 17.7 Å². The van der Waals surface area contributed by atoms with Crippen LogP contribution in [0.2, 0.25) is 0 Å². The number of nitrogens with one attached hydrogen (secondary N) is 1. The molecule has 0 aromatic heterocycles. The maximum Gasteiger partial charge on any atom is 0.239 e. The van der Waals surface area contributed by atoms with Gasteiger partial charge in [0, 0.05) is 12.3 Å². The van der Waals surface area contributed by atoms with Crippen molar-refractivity contribution in [2.45, 2.75) is 32.2 Å². The van der Waals surface area contributed by atoms with Crippen LogP contribution in [0.25, 0.3) is 0 Å². The van der Waals surface area contributed by atoms with Crippen molar-refractivity contribution in [1.29, 1.82) is 0 Å². The fourth-order valence-electron chi connectivity index (χ4n) is 1.20. The van der Waals surface area contributed by atoms with Gasteiger partial charge in [0.2, 0.25) is 5.91 Å². The molecule has 1 unspecified atom stereocenters. The van der Waals surface area contributed by atoms with Gasteiger partial charge in [0.25, 0.3) is 0 Å². The Morgan fingerprint density at radius 1 is 1.67 bits per heavy atom. The summed E-state index contributed by atoms with van der Waals surface area (Å²) in [5, 5.41) is 2.81. The molecule has 0 saturated carbocycles. The van der Waals surface area contributed by atoms with Crippen LogP contribution in [-0.2, 0) is 4.79 Å². The molecule has 4 heteroatoms. The van der Waals surface area contributed by atoms with Crippen molar-refractivity contribution in [1.82, 2.24) is 5.32 Å². The summed E-state index contributed by atoms with van der Waals surface area (Å²) in [7, 11) is 0. The maximum absolute atomic E-state index is 11.6. The number of carbonyl (C=O) groups is 1. The van der Waals surface area contributed by atoms with Crippen molar-refractivity contribution in [3.8, 4) is 12.3 Å². The van der Waals surface area contributed by atoms with E-state index in [0.29, 0.717) is 18.7 Å². The van der Waals surface area contributed by atoms with Crippen molar-refractivity contribution in [2.75, 3.05) is 18.1 Å². The molecule has 0 radical (unpaired) electrons. The summed E-state index contributed by atoms with van der Waals surface area (Å²) in [6, 6.07) is 0. The lowest BCUT2D eigenvalue weighted by atomic mass is 9.97. The first-order valence-electron chi connectivity index (χ1n) is 5.13. The molecule has 1 amide bonds. The van der Waals surface area contributed by atoms with Crippen LogP contribution in [0.4, 0.5) is 0 Å². The molecule has 0 spiro atoms. The molecule has 86 valence electrons. The van der Waals surface area contributed by atoms with Crippen LogP contribution in [0.5, 0.6) is 0 Å². The highest BCUT2D eigenvalue weighted by atomic mass is 32.2. The van der Waals surface area contributed by atoms with E-state index in [4.69, 9.17) is 12.2 Å². The van der Waals surface area contributed by atoms with E-state index in [1.165, 1.54) is 0 Å². The molecule has 0 aliphatic heterocycles. The smallest absolute Gasteiger partial charge is 0.239 e. The van der Waals surface area contributed by atoms with Crippen LogP contribution in [0.1, 0.15) is 26.7 Å². The third kappa shape index (κ3) is 6.43. The van der Waals surface area contributed by atoms with E-state index in [0.717, 1.165) is 12.2 Å². The number of thioether (sulfide) groups is 1. The summed E-state index contributed by atoms with van der Waals surface area (Å²) in [6.45, 7) is 4.41. The minimum Gasteiger partial charge on any atom is -0.354 e. The van der Waals surface area contributed by atoms with Crippen LogP contribution >= 0.6 is 11.8 Å². The molecule has 0 aliphatic carbocycles. The zero-order valence-electron chi connectivity index (χ0n) is 9.51. The van der Waals surface area contributed by atoms with Crippen LogP contribution in [0.3, 0.4) is 0 Å². The number of hydrogen-bond donors (Lipinski definition) is 2. The van der Waals surface area contributed by atoms with Gasteiger partial charge in [0.05, 0.1) is 11.3 Å².